The number of carbonyl (C=O) groups excluding carboxylic acids is 1. The van der Waals surface area contributed by atoms with Crippen LogP contribution in [0.3, 0.4) is 0 Å². The van der Waals surface area contributed by atoms with E-state index in [0.717, 1.165) is 18.9 Å². The van der Waals surface area contributed by atoms with Gasteiger partial charge in [-0.2, -0.15) is 0 Å². The first kappa shape index (κ1) is 13.7. The van der Waals surface area contributed by atoms with Crippen molar-refractivity contribution >= 4 is 5.78 Å². The van der Waals surface area contributed by atoms with Crippen molar-refractivity contribution in [1.82, 2.24) is 0 Å². The molecule has 2 unspecified atom stereocenters. The lowest BCUT2D eigenvalue weighted by Gasteiger charge is -2.14. The summed E-state index contributed by atoms with van der Waals surface area (Å²) in [6, 6.07) is 0. The Kier molecular flexibility index (Phi) is 6.04. The van der Waals surface area contributed by atoms with E-state index in [1.54, 1.807) is 0 Å². The molecule has 1 fully saturated rings. The van der Waals surface area contributed by atoms with Crippen LogP contribution >= 0.6 is 0 Å². The van der Waals surface area contributed by atoms with Gasteiger partial charge in [0.15, 0.2) is 5.78 Å². The Bertz CT molecular complexity index is 211. The Labute approximate surface area is 99.8 Å². The minimum Gasteiger partial charge on any atom is -0.373 e. The van der Waals surface area contributed by atoms with Gasteiger partial charge in [0, 0.05) is 6.42 Å². The van der Waals surface area contributed by atoms with Crippen LogP contribution in [0.5, 0.6) is 0 Å². The standard InChI is InChI=1S/C14H26O2/c1-11(2)7-8-14(15)10-16-9-13-6-4-5-12(13)3/h11-13H,4-10H2,1-3H3. The van der Waals surface area contributed by atoms with Gasteiger partial charge in [-0.05, 0) is 30.6 Å². The average Bonchev–Trinajstić information content (AvgIpc) is 2.61. The number of Topliss-reactive ketones (excluding diaryl/α,β-unsaturated/α-hetero) is 1. The van der Waals surface area contributed by atoms with Gasteiger partial charge >= 0.3 is 0 Å². The van der Waals surface area contributed by atoms with Crippen molar-refractivity contribution in [2.24, 2.45) is 17.8 Å². The first-order valence-corrected chi connectivity index (χ1v) is 6.69. The van der Waals surface area contributed by atoms with Gasteiger partial charge < -0.3 is 4.74 Å². The summed E-state index contributed by atoms with van der Waals surface area (Å²) in [5.41, 5.74) is 0. The van der Waals surface area contributed by atoms with Crippen molar-refractivity contribution in [2.45, 2.75) is 52.9 Å². The second-order valence-corrected chi connectivity index (χ2v) is 5.65. The summed E-state index contributed by atoms with van der Waals surface area (Å²) in [6.07, 6.45) is 5.60. The maximum absolute atomic E-state index is 11.5. The van der Waals surface area contributed by atoms with Crippen LogP contribution in [0.25, 0.3) is 0 Å². The average molecular weight is 226 g/mol. The van der Waals surface area contributed by atoms with Crippen LogP contribution < -0.4 is 0 Å². The minimum atomic E-state index is 0.263. The maximum atomic E-state index is 11.5. The first-order chi connectivity index (χ1) is 7.59. The highest BCUT2D eigenvalue weighted by atomic mass is 16.5. The first-order valence-electron chi connectivity index (χ1n) is 6.69. The summed E-state index contributed by atoms with van der Waals surface area (Å²) in [7, 11) is 0. The van der Waals surface area contributed by atoms with Crippen LogP contribution in [0, 0.1) is 17.8 Å². The van der Waals surface area contributed by atoms with E-state index in [1.165, 1.54) is 19.3 Å². The number of carbonyl (C=O) groups is 1. The fraction of sp³-hybridized carbons (Fsp3) is 0.929. The topological polar surface area (TPSA) is 26.3 Å². The number of ketones is 1. The molecule has 0 bridgehead atoms. The van der Waals surface area contributed by atoms with Gasteiger partial charge in [-0.3, -0.25) is 4.79 Å². The third-order valence-corrected chi connectivity index (χ3v) is 3.63. The zero-order chi connectivity index (χ0) is 12.0. The van der Waals surface area contributed by atoms with Crippen LogP contribution in [0.2, 0.25) is 0 Å². The van der Waals surface area contributed by atoms with Gasteiger partial charge in [-0.25, -0.2) is 0 Å². The quantitative estimate of drug-likeness (QED) is 0.664. The maximum Gasteiger partial charge on any atom is 0.158 e. The van der Waals surface area contributed by atoms with Crippen molar-refractivity contribution in [3.8, 4) is 0 Å². The summed E-state index contributed by atoms with van der Waals surface area (Å²) in [5.74, 6) is 2.35. The SMILES string of the molecule is CC(C)CCC(=O)COCC1CCCC1C. The Morgan fingerprint density at radius 3 is 2.69 bits per heavy atom. The third-order valence-electron chi connectivity index (χ3n) is 3.63. The summed E-state index contributed by atoms with van der Waals surface area (Å²) >= 11 is 0. The van der Waals surface area contributed by atoms with Crippen LogP contribution in [0.1, 0.15) is 52.9 Å². The molecule has 1 rings (SSSR count). The van der Waals surface area contributed by atoms with E-state index < -0.39 is 0 Å². The van der Waals surface area contributed by atoms with E-state index in [-0.39, 0.29) is 5.78 Å². The molecule has 2 nitrogen and oxygen atoms in total. The van der Waals surface area contributed by atoms with E-state index in [2.05, 4.69) is 20.8 Å². The molecule has 1 saturated carbocycles. The fourth-order valence-electron chi connectivity index (χ4n) is 2.32. The van der Waals surface area contributed by atoms with Gasteiger partial charge in [0.2, 0.25) is 0 Å². The van der Waals surface area contributed by atoms with Crippen LogP contribution in [0.4, 0.5) is 0 Å². The highest BCUT2D eigenvalue weighted by Crippen LogP contribution is 2.31. The zero-order valence-electron chi connectivity index (χ0n) is 11.0. The van der Waals surface area contributed by atoms with Crippen LogP contribution in [-0.2, 0) is 9.53 Å². The normalized spacial score (nSPS) is 25.2. The lowest BCUT2D eigenvalue weighted by molar-refractivity contribution is -0.124. The molecule has 16 heavy (non-hydrogen) atoms. The molecule has 0 N–H and O–H groups in total. The molecule has 0 heterocycles. The van der Waals surface area contributed by atoms with Gasteiger partial charge in [0.1, 0.15) is 6.61 Å². The van der Waals surface area contributed by atoms with Crippen LogP contribution in [-0.4, -0.2) is 19.0 Å². The molecule has 0 amide bonds. The fourth-order valence-corrected chi connectivity index (χ4v) is 2.32. The van der Waals surface area contributed by atoms with E-state index in [1.807, 2.05) is 0 Å². The van der Waals surface area contributed by atoms with Crippen molar-refractivity contribution in [3.63, 3.8) is 0 Å². The van der Waals surface area contributed by atoms with Crippen LogP contribution in [0.15, 0.2) is 0 Å². The van der Waals surface area contributed by atoms with E-state index in [4.69, 9.17) is 4.74 Å². The summed E-state index contributed by atoms with van der Waals surface area (Å²) in [6.45, 7) is 7.70. The third kappa shape index (κ3) is 5.11. The second kappa shape index (κ2) is 7.05. The van der Waals surface area contributed by atoms with Gasteiger partial charge in [0.25, 0.3) is 0 Å². The largest absolute Gasteiger partial charge is 0.373 e. The lowest BCUT2D eigenvalue weighted by Crippen LogP contribution is -2.16. The zero-order valence-corrected chi connectivity index (χ0v) is 11.0. The van der Waals surface area contributed by atoms with E-state index in [9.17, 15) is 4.79 Å². The molecular weight excluding hydrogens is 200 g/mol. The van der Waals surface area contributed by atoms with Crippen molar-refractivity contribution in [2.75, 3.05) is 13.2 Å². The molecule has 94 valence electrons. The smallest absolute Gasteiger partial charge is 0.158 e. The summed E-state index contributed by atoms with van der Waals surface area (Å²) in [4.78, 5) is 11.5. The molecule has 2 heteroatoms. The number of rotatable bonds is 7. The highest BCUT2D eigenvalue weighted by molar-refractivity contribution is 5.79. The Hall–Kier alpha value is -0.370. The molecule has 1 aliphatic rings. The molecule has 0 aromatic carbocycles. The molecule has 0 aliphatic heterocycles. The number of ether oxygens (including phenoxy) is 1. The Balaban J connectivity index is 2.04. The Morgan fingerprint density at radius 2 is 2.12 bits per heavy atom. The van der Waals surface area contributed by atoms with Crippen molar-refractivity contribution in [3.05, 3.63) is 0 Å². The van der Waals surface area contributed by atoms with Gasteiger partial charge in [-0.1, -0.05) is 33.6 Å². The molecule has 0 saturated heterocycles. The van der Waals surface area contributed by atoms with Gasteiger partial charge in [-0.15, -0.1) is 0 Å². The highest BCUT2D eigenvalue weighted by Gasteiger charge is 2.23. The molecule has 2 atom stereocenters. The van der Waals surface area contributed by atoms with E-state index >= 15 is 0 Å². The predicted octanol–water partition coefficient (Wildman–Crippen LogP) is 3.44. The van der Waals surface area contributed by atoms with Crippen molar-refractivity contribution in [1.29, 1.82) is 0 Å². The summed E-state index contributed by atoms with van der Waals surface area (Å²) in [5, 5.41) is 0. The van der Waals surface area contributed by atoms with E-state index in [0.29, 0.717) is 24.9 Å². The second-order valence-electron chi connectivity index (χ2n) is 5.65. The number of hydrogen-bond donors (Lipinski definition) is 0. The number of hydrogen-bond acceptors (Lipinski definition) is 2. The molecule has 0 aromatic heterocycles. The molecule has 0 spiro atoms. The monoisotopic (exact) mass is 226 g/mol. The predicted molar refractivity (Wildman–Crippen MR) is 66.4 cm³/mol. The molecular formula is C14H26O2. The minimum absolute atomic E-state index is 0.263. The van der Waals surface area contributed by atoms with Gasteiger partial charge in [0.05, 0.1) is 6.61 Å². The van der Waals surface area contributed by atoms with Crippen molar-refractivity contribution < 1.29 is 9.53 Å². The lowest BCUT2D eigenvalue weighted by atomic mass is 9.99. The Morgan fingerprint density at radius 1 is 1.38 bits per heavy atom. The summed E-state index contributed by atoms with van der Waals surface area (Å²) < 4.78 is 5.53. The molecule has 0 aromatic rings. The molecule has 0 radical (unpaired) electrons. The molecule has 1 aliphatic carbocycles.